The highest BCUT2D eigenvalue weighted by molar-refractivity contribution is 7.91. The second-order valence-corrected chi connectivity index (χ2v) is 9.44. The van der Waals surface area contributed by atoms with Crippen molar-refractivity contribution in [3.8, 4) is 5.69 Å². The van der Waals surface area contributed by atoms with Gasteiger partial charge in [-0.05, 0) is 36.8 Å². The van der Waals surface area contributed by atoms with Crippen LogP contribution in [0.15, 0.2) is 66.0 Å². The first-order valence-corrected chi connectivity index (χ1v) is 11.7. The van der Waals surface area contributed by atoms with Crippen LogP contribution in [-0.2, 0) is 20.6 Å². The smallest absolute Gasteiger partial charge is 0.279 e. The van der Waals surface area contributed by atoms with Gasteiger partial charge in [0.1, 0.15) is 5.69 Å². The number of nitrogens with zero attached hydrogens (tertiary/aromatic N) is 1. The van der Waals surface area contributed by atoms with Gasteiger partial charge < -0.3 is 5.32 Å². The molecule has 0 aliphatic rings. The topological polar surface area (TPSA) is 97.3 Å². The lowest BCUT2D eigenvalue weighted by Gasteiger charge is -2.17. The Hall–Kier alpha value is -3.07. The lowest BCUT2D eigenvalue weighted by atomic mass is 10.1. The van der Waals surface area contributed by atoms with E-state index in [1.807, 2.05) is 0 Å². The van der Waals surface area contributed by atoms with E-state index in [1.165, 1.54) is 22.8 Å². The molecule has 32 heavy (non-hydrogen) atoms. The summed E-state index contributed by atoms with van der Waals surface area (Å²) in [5.74, 6) is -0.283. The van der Waals surface area contributed by atoms with Crippen molar-refractivity contribution in [2.45, 2.75) is 12.7 Å². The normalized spacial score (nSPS) is 11.1. The lowest BCUT2D eigenvalue weighted by Crippen LogP contribution is -2.27. The average Bonchev–Trinajstić information content (AvgIpc) is 2.73. The fraction of sp³-hybridized carbons (Fsp3) is 0.0909. The number of anilines is 1. The molecule has 0 radical (unpaired) electrons. The molecule has 0 fully saturated rings. The number of pyridine rings is 1. The van der Waals surface area contributed by atoms with Crippen LogP contribution in [0.1, 0.15) is 16.8 Å². The summed E-state index contributed by atoms with van der Waals surface area (Å²) in [7, 11) is -3.84. The highest BCUT2D eigenvalue weighted by Gasteiger charge is 2.18. The van der Waals surface area contributed by atoms with Crippen molar-refractivity contribution in [1.82, 2.24) is 9.88 Å². The molecule has 166 valence electrons. The molecule has 0 saturated carbocycles. The van der Waals surface area contributed by atoms with Gasteiger partial charge in [0.05, 0.1) is 21.5 Å². The van der Waals surface area contributed by atoms with Crippen molar-refractivity contribution in [1.29, 1.82) is 0 Å². The molecule has 0 aliphatic carbocycles. The number of rotatable bonds is 8. The Bertz CT molecular complexity index is 1350. The third-order valence-corrected chi connectivity index (χ3v) is 6.44. The van der Waals surface area contributed by atoms with E-state index in [1.54, 1.807) is 43.3 Å². The van der Waals surface area contributed by atoms with Crippen LogP contribution in [0.25, 0.3) is 11.4 Å². The zero-order valence-electron chi connectivity index (χ0n) is 16.9. The largest absolute Gasteiger partial charge is 0.329 e. The minimum Gasteiger partial charge on any atom is -0.329 e. The minimum atomic E-state index is -3.84. The van der Waals surface area contributed by atoms with Crippen molar-refractivity contribution >= 4 is 51.0 Å². The van der Waals surface area contributed by atoms with E-state index in [-0.39, 0.29) is 32.9 Å². The maximum absolute atomic E-state index is 13.2. The highest BCUT2D eigenvalue weighted by atomic mass is 35.5. The number of sulfonamides is 1. The summed E-state index contributed by atoms with van der Waals surface area (Å²) >= 11 is 12.7. The minimum absolute atomic E-state index is 0.130. The molecule has 0 spiro atoms. The number of hydrogen-bond acceptors (Lipinski definition) is 4. The van der Waals surface area contributed by atoms with E-state index in [0.717, 1.165) is 0 Å². The predicted octanol–water partition coefficient (Wildman–Crippen LogP) is 4.11. The predicted molar refractivity (Wildman–Crippen MR) is 128 cm³/mol. The van der Waals surface area contributed by atoms with Crippen LogP contribution < -0.4 is 15.6 Å². The summed E-state index contributed by atoms with van der Waals surface area (Å²) in [5.41, 5.74) is 1.24. The molecule has 0 atom stereocenters. The summed E-state index contributed by atoms with van der Waals surface area (Å²) < 4.78 is 28.8. The third kappa shape index (κ3) is 5.21. The average molecular weight is 492 g/mol. The van der Waals surface area contributed by atoms with Gasteiger partial charge in [0, 0.05) is 17.0 Å². The number of nitrogens with one attached hydrogen (secondary N) is 2. The number of amides is 1. The molecule has 1 amide bonds. The zero-order valence-corrected chi connectivity index (χ0v) is 19.3. The Kier molecular flexibility index (Phi) is 7.08. The third-order valence-electron chi connectivity index (χ3n) is 4.58. The van der Waals surface area contributed by atoms with Crippen molar-refractivity contribution < 1.29 is 13.2 Å². The van der Waals surface area contributed by atoms with Gasteiger partial charge in [-0.25, -0.2) is 8.42 Å². The van der Waals surface area contributed by atoms with Crippen molar-refractivity contribution in [3.05, 3.63) is 98.4 Å². The summed E-state index contributed by atoms with van der Waals surface area (Å²) in [6.45, 7) is 5.39. The first-order valence-electron chi connectivity index (χ1n) is 9.29. The van der Waals surface area contributed by atoms with Gasteiger partial charge in [0.2, 0.25) is 16.4 Å². The Morgan fingerprint density at radius 2 is 1.78 bits per heavy atom. The Labute approximate surface area is 195 Å². The Morgan fingerprint density at radius 3 is 2.44 bits per heavy atom. The van der Waals surface area contributed by atoms with Crippen LogP contribution in [0.2, 0.25) is 10.0 Å². The number of halogens is 2. The molecule has 0 aliphatic heterocycles. The fourth-order valence-corrected chi connectivity index (χ4v) is 4.81. The number of carbonyl (C=O) groups excluding carboxylic acids is 1. The van der Waals surface area contributed by atoms with Gasteiger partial charge in [-0.15, -0.1) is 0 Å². The highest BCUT2D eigenvalue weighted by Crippen LogP contribution is 2.31. The monoisotopic (exact) mass is 491 g/mol. The molecule has 7 nitrogen and oxygen atoms in total. The van der Waals surface area contributed by atoms with Gasteiger partial charge >= 0.3 is 0 Å². The second-order valence-electron chi connectivity index (χ2n) is 6.90. The van der Waals surface area contributed by atoms with Crippen molar-refractivity contribution in [3.63, 3.8) is 0 Å². The molecule has 2 aromatic carbocycles. The maximum Gasteiger partial charge on any atom is 0.279 e. The van der Waals surface area contributed by atoms with Gasteiger partial charge in [-0.1, -0.05) is 60.1 Å². The Morgan fingerprint density at radius 1 is 1.09 bits per heavy atom. The zero-order chi connectivity index (χ0) is 23.5. The molecule has 0 bridgehead atoms. The van der Waals surface area contributed by atoms with Crippen LogP contribution in [0.3, 0.4) is 0 Å². The summed E-state index contributed by atoms with van der Waals surface area (Å²) in [6.07, 6.45) is 0.458. The van der Waals surface area contributed by atoms with Crippen LogP contribution in [0, 0.1) is 6.92 Å². The van der Waals surface area contributed by atoms with Gasteiger partial charge in [-0.2, -0.15) is 0 Å². The number of carbonyl (C=O) groups is 1. The number of hydrogen-bond donors (Lipinski definition) is 2. The summed E-state index contributed by atoms with van der Waals surface area (Å²) in [5, 5.41) is 2.76. The van der Waals surface area contributed by atoms with Gasteiger partial charge in [-0.3, -0.25) is 18.9 Å². The van der Waals surface area contributed by atoms with E-state index in [0.29, 0.717) is 23.2 Å². The molecule has 0 unspecified atom stereocenters. The van der Waals surface area contributed by atoms with Crippen LogP contribution in [-0.4, -0.2) is 19.4 Å². The van der Waals surface area contributed by atoms with Crippen molar-refractivity contribution in [2.24, 2.45) is 0 Å². The molecule has 0 saturated heterocycles. The molecule has 1 aromatic heterocycles. The molecule has 3 rings (SSSR count). The summed E-state index contributed by atoms with van der Waals surface area (Å²) in [4.78, 5) is 23.8. The molecule has 3 aromatic rings. The van der Waals surface area contributed by atoms with E-state index in [4.69, 9.17) is 23.2 Å². The molecule has 10 heteroatoms. The van der Waals surface area contributed by atoms with Crippen LogP contribution in [0.4, 0.5) is 5.69 Å². The first kappa shape index (κ1) is 23.6. The van der Waals surface area contributed by atoms with Crippen LogP contribution >= 0.6 is 23.2 Å². The maximum atomic E-state index is 13.2. The molecule has 1 heterocycles. The number of aryl methyl sites for hydroxylation is 1. The fourth-order valence-electron chi connectivity index (χ4n) is 3.09. The van der Waals surface area contributed by atoms with Crippen LogP contribution in [0.5, 0.6) is 0 Å². The van der Waals surface area contributed by atoms with Gasteiger partial charge in [0.25, 0.3) is 5.56 Å². The Balaban J connectivity index is 2.02. The van der Waals surface area contributed by atoms with E-state index in [2.05, 4.69) is 16.6 Å². The molecular formula is C22H19Cl2N3O4S. The van der Waals surface area contributed by atoms with E-state index >= 15 is 0 Å². The number of aromatic nitrogens is 1. The lowest BCUT2D eigenvalue weighted by molar-refractivity contribution is -0.108. The molecular weight excluding hydrogens is 473 g/mol. The van der Waals surface area contributed by atoms with Gasteiger partial charge in [0.15, 0.2) is 0 Å². The number of benzene rings is 2. The SMILES string of the molecule is C=C(NC=O)c1cc(Cl)c(-n2c(C)ccc(NS(=O)(=O)Cc3ccccc3)c2=O)cc1Cl. The van der Waals surface area contributed by atoms with E-state index in [9.17, 15) is 18.0 Å². The molecule has 2 N–H and O–H groups in total. The van der Waals surface area contributed by atoms with Crippen molar-refractivity contribution in [2.75, 3.05) is 4.72 Å². The quantitative estimate of drug-likeness (QED) is 0.463. The summed E-state index contributed by atoms with van der Waals surface area (Å²) in [6, 6.07) is 14.5. The van der Waals surface area contributed by atoms with E-state index < -0.39 is 15.6 Å². The standard InChI is InChI=1S/C22H19Cl2N3O4S/c1-14-8-9-20(26-32(30,31)12-16-6-4-3-5-7-16)22(29)27(14)21-11-18(23)17(10-19(21)24)15(2)25-13-28/h3-11,13,26H,2,12H2,1H3,(H,25,28). The first-order chi connectivity index (χ1) is 15.1. The second kappa shape index (κ2) is 9.60.